The van der Waals surface area contributed by atoms with Gasteiger partial charge in [-0.3, -0.25) is 10.1 Å². The van der Waals surface area contributed by atoms with E-state index in [1.54, 1.807) is 0 Å². The van der Waals surface area contributed by atoms with Gasteiger partial charge in [0.1, 0.15) is 0 Å². The molecule has 0 aromatic rings. The van der Waals surface area contributed by atoms with Crippen molar-refractivity contribution >= 4 is 11.9 Å². The second-order valence-corrected chi connectivity index (χ2v) is 4.11. The predicted molar refractivity (Wildman–Crippen MR) is 53.8 cm³/mol. The van der Waals surface area contributed by atoms with Crippen molar-refractivity contribution in [3.8, 4) is 0 Å². The number of hydrogen-bond donors (Lipinski definition) is 2. The molecule has 0 heterocycles. The van der Waals surface area contributed by atoms with Crippen LogP contribution in [0.1, 0.15) is 39.5 Å². The average Bonchev–Trinajstić information content (AvgIpc) is 2.07. The molecule has 1 aliphatic carbocycles. The highest BCUT2D eigenvalue weighted by molar-refractivity contribution is 5.93. The van der Waals surface area contributed by atoms with E-state index in [0.717, 1.165) is 31.6 Å². The zero-order chi connectivity index (χ0) is 10.6. The molecule has 0 unspecified atom stereocenters. The Bertz CT molecular complexity index is 220. The summed E-state index contributed by atoms with van der Waals surface area (Å²) in [6.45, 7) is 3.56. The van der Waals surface area contributed by atoms with Crippen LogP contribution in [0.2, 0.25) is 0 Å². The van der Waals surface area contributed by atoms with Gasteiger partial charge in [-0.05, 0) is 31.6 Å². The van der Waals surface area contributed by atoms with E-state index in [2.05, 4.69) is 17.6 Å². The number of rotatable bonds is 1. The molecule has 1 aliphatic rings. The van der Waals surface area contributed by atoms with Gasteiger partial charge >= 0.3 is 6.03 Å². The lowest BCUT2D eigenvalue weighted by Crippen LogP contribution is -2.44. The SMILES string of the molecule is CC(=O)NC(=O)NC1CCC(C)CC1. The van der Waals surface area contributed by atoms with Crippen molar-refractivity contribution < 1.29 is 9.59 Å². The maximum atomic E-state index is 11.2. The van der Waals surface area contributed by atoms with Crippen molar-refractivity contribution in [2.75, 3.05) is 0 Å². The Labute approximate surface area is 84.4 Å². The molecule has 0 aromatic carbocycles. The largest absolute Gasteiger partial charge is 0.335 e. The molecule has 0 aliphatic heterocycles. The maximum Gasteiger partial charge on any atom is 0.321 e. The summed E-state index contributed by atoms with van der Waals surface area (Å²) in [5.74, 6) is 0.454. The molecule has 0 radical (unpaired) electrons. The van der Waals surface area contributed by atoms with E-state index in [9.17, 15) is 9.59 Å². The number of imide groups is 1. The Morgan fingerprint density at radius 2 is 1.71 bits per heavy atom. The second kappa shape index (κ2) is 4.98. The number of hydrogen-bond acceptors (Lipinski definition) is 2. The third-order valence-electron chi connectivity index (χ3n) is 2.64. The molecule has 4 nitrogen and oxygen atoms in total. The van der Waals surface area contributed by atoms with Crippen LogP contribution in [0.25, 0.3) is 0 Å². The highest BCUT2D eigenvalue weighted by Gasteiger charge is 2.19. The third kappa shape index (κ3) is 3.77. The van der Waals surface area contributed by atoms with Crippen LogP contribution in [0.15, 0.2) is 0 Å². The third-order valence-corrected chi connectivity index (χ3v) is 2.64. The van der Waals surface area contributed by atoms with Crippen molar-refractivity contribution in [3.63, 3.8) is 0 Å². The summed E-state index contributed by atoms with van der Waals surface area (Å²) in [6, 6.07) is -0.123. The Hall–Kier alpha value is -1.06. The first kappa shape index (κ1) is 11.0. The van der Waals surface area contributed by atoms with Crippen LogP contribution in [0.3, 0.4) is 0 Å². The van der Waals surface area contributed by atoms with Gasteiger partial charge in [0, 0.05) is 13.0 Å². The smallest absolute Gasteiger partial charge is 0.321 e. The molecule has 1 rings (SSSR count). The molecule has 0 spiro atoms. The zero-order valence-electron chi connectivity index (χ0n) is 8.80. The van der Waals surface area contributed by atoms with Crippen molar-refractivity contribution in [1.29, 1.82) is 0 Å². The fourth-order valence-electron chi connectivity index (χ4n) is 1.79. The van der Waals surface area contributed by atoms with Crippen LogP contribution in [-0.4, -0.2) is 18.0 Å². The van der Waals surface area contributed by atoms with Gasteiger partial charge in [-0.1, -0.05) is 6.92 Å². The number of carbonyl (C=O) groups is 2. The van der Waals surface area contributed by atoms with E-state index in [-0.39, 0.29) is 18.0 Å². The molecule has 0 aromatic heterocycles. The summed E-state index contributed by atoms with van der Waals surface area (Å²) in [5.41, 5.74) is 0. The van der Waals surface area contributed by atoms with Gasteiger partial charge in [0.15, 0.2) is 0 Å². The van der Waals surface area contributed by atoms with Gasteiger partial charge < -0.3 is 5.32 Å². The molecule has 0 atom stereocenters. The minimum atomic E-state index is -0.364. The number of amides is 3. The minimum absolute atomic E-state index is 0.241. The van der Waals surface area contributed by atoms with Crippen LogP contribution in [0.4, 0.5) is 4.79 Å². The molecule has 0 saturated heterocycles. The quantitative estimate of drug-likeness (QED) is 0.669. The second-order valence-electron chi connectivity index (χ2n) is 4.11. The van der Waals surface area contributed by atoms with E-state index in [1.807, 2.05) is 0 Å². The number of urea groups is 1. The predicted octanol–water partition coefficient (Wildman–Crippen LogP) is 1.41. The lowest BCUT2D eigenvalue weighted by molar-refractivity contribution is -0.117. The fraction of sp³-hybridized carbons (Fsp3) is 0.800. The van der Waals surface area contributed by atoms with E-state index >= 15 is 0 Å². The van der Waals surface area contributed by atoms with Gasteiger partial charge in [0.2, 0.25) is 5.91 Å². The lowest BCUT2D eigenvalue weighted by atomic mass is 9.87. The Morgan fingerprint density at radius 3 is 2.21 bits per heavy atom. The Balaban J connectivity index is 2.24. The summed E-state index contributed by atoms with van der Waals surface area (Å²) in [4.78, 5) is 21.7. The first-order chi connectivity index (χ1) is 6.58. The van der Waals surface area contributed by atoms with Crippen LogP contribution in [-0.2, 0) is 4.79 Å². The molecule has 1 fully saturated rings. The standard InChI is InChI=1S/C10H18N2O2/c1-7-3-5-9(6-4-7)12-10(14)11-8(2)13/h7,9H,3-6H2,1-2H3,(H2,11,12,13,14). The number of carbonyl (C=O) groups excluding carboxylic acids is 2. The van der Waals surface area contributed by atoms with Crippen LogP contribution < -0.4 is 10.6 Å². The van der Waals surface area contributed by atoms with E-state index in [4.69, 9.17) is 0 Å². The van der Waals surface area contributed by atoms with Crippen LogP contribution in [0.5, 0.6) is 0 Å². The van der Waals surface area contributed by atoms with Crippen LogP contribution >= 0.6 is 0 Å². The highest BCUT2D eigenvalue weighted by Crippen LogP contribution is 2.23. The van der Waals surface area contributed by atoms with Crippen molar-refractivity contribution in [3.05, 3.63) is 0 Å². The molecule has 1 saturated carbocycles. The van der Waals surface area contributed by atoms with Crippen molar-refractivity contribution in [2.24, 2.45) is 5.92 Å². The first-order valence-corrected chi connectivity index (χ1v) is 5.16. The molecule has 14 heavy (non-hydrogen) atoms. The topological polar surface area (TPSA) is 58.2 Å². The fourth-order valence-corrected chi connectivity index (χ4v) is 1.79. The van der Waals surface area contributed by atoms with E-state index in [1.165, 1.54) is 6.92 Å². The summed E-state index contributed by atoms with van der Waals surface area (Å²) in [5, 5.41) is 5.01. The molecule has 4 heteroatoms. The van der Waals surface area contributed by atoms with E-state index < -0.39 is 0 Å². The minimum Gasteiger partial charge on any atom is -0.335 e. The first-order valence-electron chi connectivity index (χ1n) is 5.16. The van der Waals surface area contributed by atoms with Crippen molar-refractivity contribution in [2.45, 2.75) is 45.6 Å². The molecule has 3 amide bonds. The number of nitrogens with one attached hydrogen (secondary N) is 2. The highest BCUT2D eigenvalue weighted by atomic mass is 16.2. The zero-order valence-corrected chi connectivity index (χ0v) is 8.80. The normalized spacial score (nSPS) is 26.7. The molecular formula is C10H18N2O2. The summed E-state index contributed by atoms with van der Waals surface area (Å²) < 4.78 is 0. The van der Waals surface area contributed by atoms with Crippen molar-refractivity contribution in [1.82, 2.24) is 10.6 Å². The monoisotopic (exact) mass is 198 g/mol. The summed E-state index contributed by atoms with van der Waals surface area (Å²) in [7, 11) is 0. The Kier molecular flexibility index (Phi) is 3.92. The molecule has 0 bridgehead atoms. The van der Waals surface area contributed by atoms with Crippen LogP contribution in [0, 0.1) is 5.92 Å². The summed E-state index contributed by atoms with van der Waals surface area (Å²) >= 11 is 0. The average molecular weight is 198 g/mol. The Morgan fingerprint density at radius 1 is 1.14 bits per heavy atom. The van der Waals surface area contributed by atoms with Gasteiger partial charge in [0.05, 0.1) is 0 Å². The lowest BCUT2D eigenvalue weighted by Gasteiger charge is -2.26. The summed E-state index contributed by atoms with van der Waals surface area (Å²) in [6.07, 6.45) is 4.36. The molecule has 2 N–H and O–H groups in total. The maximum absolute atomic E-state index is 11.2. The van der Waals surface area contributed by atoms with Gasteiger partial charge in [0.25, 0.3) is 0 Å². The van der Waals surface area contributed by atoms with Gasteiger partial charge in [-0.15, -0.1) is 0 Å². The molecular weight excluding hydrogens is 180 g/mol. The molecule has 80 valence electrons. The van der Waals surface area contributed by atoms with E-state index in [0.29, 0.717) is 0 Å². The van der Waals surface area contributed by atoms with Gasteiger partial charge in [-0.2, -0.15) is 0 Å². The van der Waals surface area contributed by atoms with Gasteiger partial charge in [-0.25, -0.2) is 4.79 Å².